The fourth-order valence-electron chi connectivity index (χ4n) is 6.54. The zero-order chi connectivity index (χ0) is 29.1. The first-order chi connectivity index (χ1) is 20.5. The van der Waals surface area contributed by atoms with E-state index < -0.39 is 0 Å². The molecule has 1 amide bonds. The molecule has 6 rings (SSSR count). The molecule has 0 radical (unpaired) electrons. The third kappa shape index (κ3) is 5.94. The molecule has 3 aliphatic rings. The Morgan fingerprint density at radius 2 is 1.83 bits per heavy atom. The number of methoxy groups -OCH3 is 1. The molecule has 2 fully saturated rings. The first kappa shape index (κ1) is 28.4. The predicted octanol–water partition coefficient (Wildman–Crippen LogP) is 3.83. The second-order valence-corrected chi connectivity index (χ2v) is 11.6. The maximum absolute atomic E-state index is 12.6. The van der Waals surface area contributed by atoms with E-state index in [1.54, 1.807) is 19.3 Å². The molecular weight excluding hydrogens is 528 g/mol. The molecule has 0 aliphatic carbocycles. The molecule has 3 aromatic rings. The van der Waals surface area contributed by atoms with Crippen molar-refractivity contribution in [3.05, 3.63) is 65.4 Å². The van der Waals surface area contributed by atoms with Gasteiger partial charge in [0, 0.05) is 68.6 Å². The van der Waals surface area contributed by atoms with Crippen LogP contribution in [0, 0.1) is 6.92 Å². The van der Waals surface area contributed by atoms with Crippen LogP contribution in [0.4, 0.5) is 11.5 Å². The molecule has 2 aromatic carbocycles. The van der Waals surface area contributed by atoms with E-state index in [9.17, 15) is 4.79 Å². The van der Waals surface area contributed by atoms with E-state index >= 15 is 0 Å². The van der Waals surface area contributed by atoms with Crippen molar-refractivity contribution in [2.45, 2.75) is 38.8 Å². The number of benzene rings is 2. The van der Waals surface area contributed by atoms with Gasteiger partial charge in [0.25, 0.3) is 0 Å². The lowest BCUT2D eigenvalue weighted by Crippen LogP contribution is -2.49. The lowest BCUT2D eigenvalue weighted by atomic mass is 9.99. The van der Waals surface area contributed by atoms with Crippen molar-refractivity contribution in [1.82, 2.24) is 19.8 Å². The molecule has 42 heavy (non-hydrogen) atoms. The van der Waals surface area contributed by atoms with Crippen molar-refractivity contribution in [2.75, 3.05) is 76.4 Å². The molecule has 4 heterocycles. The summed E-state index contributed by atoms with van der Waals surface area (Å²) in [5, 5.41) is 2.56. The van der Waals surface area contributed by atoms with E-state index in [1.807, 2.05) is 4.90 Å². The number of fused-ring (bicyclic) bond motifs is 2. The van der Waals surface area contributed by atoms with Gasteiger partial charge >= 0.3 is 6.01 Å². The van der Waals surface area contributed by atoms with E-state index in [4.69, 9.17) is 19.4 Å². The van der Waals surface area contributed by atoms with E-state index in [0.29, 0.717) is 44.9 Å². The summed E-state index contributed by atoms with van der Waals surface area (Å²) in [6, 6.07) is 13.9. The van der Waals surface area contributed by atoms with Crippen LogP contribution in [0.25, 0.3) is 10.8 Å². The normalized spacial score (nSPS) is 19.6. The Labute approximate surface area is 248 Å². The number of aromatic nitrogens is 2. The Morgan fingerprint density at radius 3 is 2.60 bits per heavy atom. The summed E-state index contributed by atoms with van der Waals surface area (Å²) in [6.45, 7) is 8.69. The summed E-state index contributed by atoms with van der Waals surface area (Å²) in [6.07, 6.45) is 6.57. The van der Waals surface area contributed by atoms with Crippen molar-refractivity contribution < 1.29 is 14.3 Å². The molecule has 222 valence electrons. The van der Waals surface area contributed by atoms with Gasteiger partial charge in [0.2, 0.25) is 5.91 Å². The van der Waals surface area contributed by atoms with Crippen molar-refractivity contribution in [2.24, 2.45) is 0 Å². The molecule has 0 saturated carbocycles. The number of anilines is 2. The quantitative estimate of drug-likeness (QED) is 0.379. The van der Waals surface area contributed by atoms with Gasteiger partial charge in [-0.3, -0.25) is 4.79 Å². The maximum atomic E-state index is 12.6. The highest BCUT2D eigenvalue weighted by atomic mass is 16.5. The predicted molar refractivity (Wildman–Crippen MR) is 166 cm³/mol. The van der Waals surface area contributed by atoms with Gasteiger partial charge in [0.05, 0.1) is 18.8 Å². The van der Waals surface area contributed by atoms with Crippen LogP contribution in [0.1, 0.15) is 29.7 Å². The number of nitrogens with zero attached hydrogens (tertiary/aromatic N) is 6. The number of aryl methyl sites for hydroxylation is 1. The van der Waals surface area contributed by atoms with Crippen LogP contribution in [0.2, 0.25) is 0 Å². The Kier molecular flexibility index (Phi) is 8.58. The molecule has 9 nitrogen and oxygen atoms in total. The molecule has 2 saturated heterocycles. The Morgan fingerprint density at radius 1 is 1.02 bits per heavy atom. The first-order valence-corrected chi connectivity index (χ1v) is 15.2. The third-order valence-electron chi connectivity index (χ3n) is 8.95. The van der Waals surface area contributed by atoms with Gasteiger partial charge in [-0.05, 0) is 56.8 Å². The minimum atomic E-state index is 0.0298. The molecule has 0 spiro atoms. The highest BCUT2D eigenvalue weighted by Gasteiger charge is 2.30. The second-order valence-electron chi connectivity index (χ2n) is 11.6. The smallest absolute Gasteiger partial charge is 0.318 e. The average Bonchev–Trinajstić information content (AvgIpc) is 3.43. The number of hydrogen-bond acceptors (Lipinski definition) is 8. The number of likely N-dealkylation sites (N-methyl/N-ethyl adjacent to an activating group) is 1. The number of amides is 1. The second kappa shape index (κ2) is 12.7. The molecule has 9 heteroatoms. The molecule has 1 atom stereocenters. The Hall–Kier alpha value is -3.69. The van der Waals surface area contributed by atoms with Crippen LogP contribution in [0.3, 0.4) is 0 Å². The van der Waals surface area contributed by atoms with Crippen molar-refractivity contribution in [1.29, 1.82) is 0 Å². The van der Waals surface area contributed by atoms with Gasteiger partial charge in [-0.25, -0.2) is 0 Å². The summed E-state index contributed by atoms with van der Waals surface area (Å²) in [4.78, 5) is 31.7. The zero-order valence-corrected chi connectivity index (χ0v) is 25.1. The molecular formula is C33H42N6O3. The van der Waals surface area contributed by atoms with Gasteiger partial charge in [0.1, 0.15) is 12.4 Å². The fourth-order valence-corrected chi connectivity index (χ4v) is 6.54. The van der Waals surface area contributed by atoms with Gasteiger partial charge in [-0.2, -0.15) is 9.97 Å². The zero-order valence-electron chi connectivity index (χ0n) is 25.1. The Balaban J connectivity index is 1.26. The number of ether oxygens (including phenoxy) is 2. The molecule has 0 bridgehead atoms. The van der Waals surface area contributed by atoms with E-state index in [1.165, 1.54) is 34.0 Å². The van der Waals surface area contributed by atoms with Gasteiger partial charge < -0.3 is 29.1 Å². The standard InChI is InChI=1S/C33H42N6O3/c1-24-8-4-9-25-10-5-12-29(31(24)25)39-16-14-27-28(22-39)34-33(42-23-26-11-6-15-36(26)2)35-32(27)38-19-17-37(18-20-38)30(40)13-7-21-41-3/h4-5,7-10,12-13,26H,6,11,14-23H2,1-3H3/b13-7+/t26-/m1/s1. The lowest BCUT2D eigenvalue weighted by molar-refractivity contribution is -0.126. The maximum Gasteiger partial charge on any atom is 0.318 e. The first-order valence-electron chi connectivity index (χ1n) is 15.2. The molecule has 0 unspecified atom stereocenters. The summed E-state index contributed by atoms with van der Waals surface area (Å²) >= 11 is 0. The number of piperazine rings is 1. The van der Waals surface area contributed by atoms with Crippen molar-refractivity contribution >= 4 is 28.2 Å². The SMILES string of the molecule is COC/C=C/C(=O)N1CCN(c2nc(OC[C@H]3CCCN3C)nc3c2CCN(c2cccc4cccc(C)c24)C3)CC1. The summed E-state index contributed by atoms with van der Waals surface area (Å²) < 4.78 is 11.3. The number of carbonyl (C=O) groups excluding carboxylic acids is 1. The molecule has 3 aliphatic heterocycles. The largest absolute Gasteiger partial charge is 0.462 e. The molecule has 1 aromatic heterocycles. The van der Waals surface area contributed by atoms with Crippen LogP contribution >= 0.6 is 0 Å². The fraction of sp³-hybridized carbons (Fsp3) is 0.485. The van der Waals surface area contributed by atoms with E-state index in [2.05, 4.69) is 65.1 Å². The summed E-state index contributed by atoms with van der Waals surface area (Å²) in [5.41, 5.74) is 4.77. The average molecular weight is 571 g/mol. The van der Waals surface area contributed by atoms with Crippen molar-refractivity contribution in [3.63, 3.8) is 0 Å². The topological polar surface area (TPSA) is 74.3 Å². The minimum Gasteiger partial charge on any atom is -0.462 e. The van der Waals surface area contributed by atoms with Crippen LogP contribution in [0.5, 0.6) is 6.01 Å². The highest BCUT2D eigenvalue weighted by molar-refractivity contribution is 5.97. The lowest BCUT2D eigenvalue weighted by Gasteiger charge is -2.38. The summed E-state index contributed by atoms with van der Waals surface area (Å²) in [7, 11) is 3.79. The van der Waals surface area contributed by atoms with Gasteiger partial charge in [0.15, 0.2) is 0 Å². The van der Waals surface area contributed by atoms with Gasteiger partial charge in [-0.1, -0.05) is 36.4 Å². The number of hydrogen-bond donors (Lipinski definition) is 0. The van der Waals surface area contributed by atoms with Crippen LogP contribution in [-0.2, 0) is 22.5 Å². The highest BCUT2D eigenvalue weighted by Crippen LogP contribution is 2.35. The van der Waals surface area contributed by atoms with Gasteiger partial charge in [-0.15, -0.1) is 0 Å². The van der Waals surface area contributed by atoms with Crippen molar-refractivity contribution in [3.8, 4) is 6.01 Å². The number of likely N-dealkylation sites (tertiary alicyclic amines) is 1. The third-order valence-corrected chi connectivity index (χ3v) is 8.95. The van der Waals surface area contributed by atoms with E-state index in [-0.39, 0.29) is 5.91 Å². The number of carbonyl (C=O) groups is 1. The summed E-state index contributed by atoms with van der Waals surface area (Å²) in [5.74, 6) is 0.993. The monoisotopic (exact) mass is 570 g/mol. The van der Waals surface area contributed by atoms with E-state index in [0.717, 1.165) is 50.5 Å². The Bertz CT molecular complexity index is 1450. The molecule has 0 N–H and O–H groups in total. The van der Waals surface area contributed by atoms with Crippen LogP contribution in [0.15, 0.2) is 48.6 Å². The van der Waals surface area contributed by atoms with Crippen LogP contribution < -0.4 is 14.5 Å². The number of rotatable bonds is 8. The minimum absolute atomic E-state index is 0.0298. The van der Waals surface area contributed by atoms with Crippen LogP contribution in [-0.4, -0.2) is 98.4 Å².